The summed E-state index contributed by atoms with van der Waals surface area (Å²) in [6.45, 7) is 2.00. The molecular weight excluding hydrogens is 446 g/mol. The third kappa shape index (κ3) is 3.77. The molecule has 2 aromatic heterocycles. The molecule has 0 bridgehead atoms. The maximum Gasteiger partial charge on any atom is 0.255 e. The van der Waals surface area contributed by atoms with Gasteiger partial charge in [-0.1, -0.05) is 12.1 Å². The van der Waals surface area contributed by atoms with Crippen LogP contribution >= 0.6 is 0 Å². The lowest BCUT2D eigenvalue weighted by atomic mass is 9.72. The van der Waals surface area contributed by atoms with Gasteiger partial charge in [-0.25, -0.2) is 4.98 Å². The number of benzene rings is 1. The van der Waals surface area contributed by atoms with Gasteiger partial charge in [0.15, 0.2) is 17.3 Å². The predicted octanol–water partition coefficient (Wildman–Crippen LogP) is 4.40. The van der Waals surface area contributed by atoms with Crippen molar-refractivity contribution in [1.29, 1.82) is 0 Å². The van der Waals surface area contributed by atoms with E-state index >= 15 is 0 Å². The molecule has 2 atom stereocenters. The number of furan rings is 1. The summed E-state index contributed by atoms with van der Waals surface area (Å²) in [6, 6.07) is 14.6. The number of pyridine rings is 1. The Morgan fingerprint density at radius 1 is 1.09 bits per heavy atom. The van der Waals surface area contributed by atoms with Gasteiger partial charge in [0.05, 0.1) is 6.26 Å². The van der Waals surface area contributed by atoms with E-state index in [1.807, 2.05) is 37.3 Å². The number of Topliss-reactive ketones (excluding diaryl/α,β-unsaturated/α-hetero) is 1. The smallest absolute Gasteiger partial charge is 0.255 e. The van der Waals surface area contributed by atoms with Gasteiger partial charge in [0, 0.05) is 47.0 Å². The Kier molecular flexibility index (Phi) is 5.13. The third-order valence-electron chi connectivity index (χ3n) is 6.65. The van der Waals surface area contributed by atoms with E-state index in [1.165, 1.54) is 0 Å². The van der Waals surface area contributed by atoms with E-state index < -0.39 is 5.92 Å². The molecular formula is C27H23N3O5. The van der Waals surface area contributed by atoms with Gasteiger partial charge in [-0.2, -0.15) is 0 Å². The lowest BCUT2D eigenvalue weighted by Gasteiger charge is -2.36. The van der Waals surface area contributed by atoms with E-state index in [2.05, 4.69) is 15.6 Å². The Bertz CT molecular complexity index is 1380. The lowest BCUT2D eigenvalue weighted by molar-refractivity contribution is -0.116. The number of amides is 1. The number of ether oxygens (including phenoxy) is 2. The Balaban J connectivity index is 1.43. The third-order valence-corrected chi connectivity index (χ3v) is 6.65. The number of hydrogen-bond acceptors (Lipinski definition) is 7. The first-order valence-corrected chi connectivity index (χ1v) is 11.5. The first-order chi connectivity index (χ1) is 17.1. The normalized spacial score (nSPS) is 21.0. The number of carbonyl (C=O) groups excluding carboxylic acids is 2. The first kappa shape index (κ1) is 21.2. The van der Waals surface area contributed by atoms with Gasteiger partial charge in [-0.05, 0) is 55.3 Å². The second-order valence-corrected chi connectivity index (χ2v) is 8.81. The zero-order valence-corrected chi connectivity index (χ0v) is 19.0. The fraction of sp³-hybridized carbons (Fsp3) is 0.222. The van der Waals surface area contributed by atoms with Crippen molar-refractivity contribution < 1.29 is 23.5 Å². The molecule has 0 fully saturated rings. The minimum Gasteiger partial charge on any atom is -0.469 e. The molecule has 1 amide bonds. The number of rotatable bonds is 4. The molecule has 8 heteroatoms. The summed E-state index contributed by atoms with van der Waals surface area (Å²) in [5.41, 5.74) is 3.37. The van der Waals surface area contributed by atoms with E-state index in [0.29, 0.717) is 47.0 Å². The SMILES string of the molecule is CC1=C(C(=O)Nc2ccccn2)C(c2ccc3c(c2)OCO3)C2=C(CC(c3ccco3)CC2=O)N1. The van der Waals surface area contributed by atoms with Crippen LogP contribution in [-0.2, 0) is 9.59 Å². The summed E-state index contributed by atoms with van der Waals surface area (Å²) in [5.74, 6) is 1.52. The molecule has 176 valence electrons. The maximum absolute atomic E-state index is 13.6. The topological polar surface area (TPSA) is 103 Å². The molecule has 1 aromatic carbocycles. The van der Waals surface area contributed by atoms with Crippen LogP contribution in [-0.4, -0.2) is 23.5 Å². The molecule has 0 saturated heterocycles. The number of aromatic nitrogens is 1. The fourth-order valence-corrected chi connectivity index (χ4v) is 5.11. The molecule has 8 nitrogen and oxygen atoms in total. The molecule has 0 saturated carbocycles. The average molecular weight is 469 g/mol. The van der Waals surface area contributed by atoms with Crippen molar-refractivity contribution in [2.75, 3.05) is 12.1 Å². The van der Waals surface area contributed by atoms with Crippen molar-refractivity contribution in [3.63, 3.8) is 0 Å². The van der Waals surface area contributed by atoms with Crippen LogP contribution in [0.1, 0.15) is 42.9 Å². The molecule has 3 aromatic rings. The largest absolute Gasteiger partial charge is 0.469 e. The van der Waals surface area contributed by atoms with Gasteiger partial charge in [0.2, 0.25) is 6.79 Å². The van der Waals surface area contributed by atoms with Gasteiger partial charge in [-0.3, -0.25) is 9.59 Å². The Morgan fingerprint density at radius 2 is 1.97 bits per heavy atom. The number of dihydropyridines is 1. The van der Waals surface area contributed by atoms with Crippen molar-refractivity contribution in [2.45, 2.75) is 31.6 Å². The molecule has 2 aliphatic heterocycles. The van der Waals surface area contributed by atoms with E-state index in [0.717, 1.165) is 17.0 Å². The average Bonchev–Trinajstić information content (AvgIpc) is 3.55. The monoisotopic (exact) mass is 469 g/mol. The lowest BCUT2D eigenvalue weighted by Crippen LogP contribution is -2.37. The standard InChI is InChI=1S/C27H23N3O5/c1-15-24(27(32)30-23-6-2-3-9-28-23)25(16-7-8-21-22(13-16)35-14-34-21)26-18(29-15)11-17(12-19(26)31)20-5-4-10-33-20/h2-10,13,17,25,29H,11-12,14H2,1H3,(H,28,30,32). The highest BCUT2D eigenvalue weighted by Crippen LogP contribution is 2.47. The van der Waals surface area contributed by atoms with Crippen LogP contribution in [0.15, 0.2) is 87.9 Å². The van der Waals surface area contributed by atoms with E-state index in [1.54, 1.807) is 30.7 Å². The summed E-state index contributed by atoms with van der Waals surface area (Å²) in [4.78, 5) is 31.4. The molecule has 0 spiro atoms. The number of carbonyl (C=O) groups is 2. The summed E-state index contributed by atoms with van der Waals surface area (Å²) in [7, 11) is 0. The highest BCUT2D eigenvalue weighted by atomic mass is 16.7. The van der Waals surface area contributed by atoms with Crippen molar-refractivity contribution >= 4 is 17.5 Å². The second-order valence-electron chi connectivity index (χ2n) is 8.81. The van der Waals surface area contributed by atoms with Crippen LogP contribution in [0.4, 0.5) is 5.82 Å². The quantitative estimate of drug-likeness (QED) is 0.584. The summed E-state index contributed by atoms with van der Waals surface area (Å²) in [5, 5.41) is 6.25. The van der Waals surface area contributed by atoms with Gasteiger partial charge < -0.3 is 24.5 Å². The second kappa shape index (κ2) is 8.47. The van der Waals surface area contributed by atoms with Gasteiger partial charge in [0.1, 0.15) is 11.6 Å². The summed E-state index contributed by atoms with van der Waals surface area (Å²) in [6.07, 6.45) is 4.16. The van der Waals surface area contributed by atoms with Crippen LogP contribution in [0, 0.1) is 0 Å². The highest BCUT2D eigenvalue weighted by Gasteiger charge is 2.41. The van der Waals surface area contributed by atoms with Gasteiger partial charge in [0.25, 0.3) is 5.91 Å². The molecule has 1 aliphatic carbocycles. The van der Waals surface area contributed by atoms with E-state index in [-0.39, 0.29) is 24.4 Å². The number of fused-ring (bicyclic) bond motifs is 1. The fourth-order valence-electron chi connectivity index (χ4n) is 5.11. The molecule has 2 N–H and O–H groups in total. The molecule has 6 rings (SSSR count). The Labute approximate surface area is 201 Å². The van der Waals surface area contributed by atoms with Crippen molar-refractivity contribution in [3.05, 3.63) is 94.9 Å². The zero-order chi connectivity index (χ0) is 23.9. The number of anilines is 1. The molecule has 4 heterocycles. The molecule has 3 aliphatic rings. The Hall–Kier alpha value is -4.33. The first-order valence-electron chi connectivity index (χ1n) is 11.5. The van der Waals surface area contributed by atoms with Gasteiger partial charge in [-0.15, -0.1) is 0 Å². The van der Waals surface area contributed by atoms with Crippen molar-refractivity contribution in [3.8, 4) is 11.5 Å². The van der Waals surface area contributed by atoms with Crippen LogP contribution in [0.25, 0.3) is 0 Å². The van der Waals surface area contributed by atoms with E-state index in [9.17, 15) is 9.59 Å². The number of ketones is 1. The summed E-state index contributed by atoms with van der Waals surface area (Å²) < 4.78 is 16.7. The maximum atomic E-state index is 13.6. The zero-order valence-electron chi connectivity index (χ0n) is 19.0. The van der Waals surface area contributed by atoms with Crippen molar-refractivity contribution in [2.24, 2.45) is 0 Å². The van der Waals surface area contributed by atoms with Crippen LogP contribution in [0.5, 0.6) is 11.5 Å². The van der Waals surface area contributed by atoms with Crippen molar-refractivity contribution in [1.82, 2.24) is 10.3 Å². The molecule has 0 radical (unpaired) electrons. The van der Waals surface area contributed by atoms with E-state index in [4.69, 9.17) is 13.9 Å². The predicted molar refractivity (Wildman–Crippen MR) is 127 cm³/mol. The van der Waals surface area contributed by atoms with Crippen LogP contribution < -0.4 is 20.1 Å². The summed E-state index contributed by atoms with van der Waals surface area (Å²) >= 11 is 0. The Morgan fingerprint density at radius 3 is 2.77 bits per heavy atom. The minimum atomic E-state index is -0.561. The van der Waals surface area contributed by atoms with Crippen LogP contribution in [0.2, 0.25) is 0 Å². The highest BCUT2D eigenvalue weighted by molar-refractivity contribution is 6.09. The van der Waals surface area contributed by atoms with Gasteiger partial charge >= 0.3 is 0 Å². The number of allylic oxidation sites excluding steroid dienone is 3. The molecule has 35 heavy (non-hydrogen) atoms. The molecule has 2 unspecified atom stereocenters. The number of nitrogens with one attached hydrogen (secondary N) is 2. The minimum absolute atomic E-state index is 0.0153. The number of hydrogen-bond donors (Lipinski definition) is 2. The van der Waals surface area contributed by atoms with Crippen LogP contribution in [0.3, 0.4) is 0 Å². The number of nitrogens with zero attached hydrogens (tertiary/aromatic N) is 1.